The van der Waals surface area contributed by atoms with Crippen molar-refractivity contribution in [2.75, 3.05) is 20.8 Å². The molecule has 43 heavy (non-hydrogen) atoms. The average molecular weight is 619 g/mol. The van der Waals surface area contributed by atoms with Crippen molar-refractivity contribution in [1.29, 1.82) is 0 Å². The van der Waals surface area contributed by atoms with Gasteiger partial charge in [0, 0.05) is 31.8 Å². The van der Waals surface area contributed by atoms with Gasteiger partial charge < -0.3 is 18.9 Å². The number of carbonyl (C=O) groups excluding carboxylic acids is 2. The lowest BCUT2D eigenvalue weighted by atomic mass is 9.92. The molecule has 12 heteroatoms. The lowest BCUT2D eigenvalue weighted by molar-refractivity contribution is -0.278. The van der Waals surface area contributed by atoms with Gasteiger partial charge in [0.1, 0.15) is 6.10 Å². The predicted molar refractivity (Wildman–Crippen MR) is 146 cm³/mol. The van der Waals surface area contributed by atoms with Crippen molar-refractivity contribution < 1.29 is 54.9 Å². The van der Waals surface area contributed by atoms with Crippen LogP contribution in [0.4, 0.5) is 26.3 Å². The van der Waals surface area contributed by atoms with Gasteiger partial charge in [-0.3, -0.25) is 0 Å². The van der Waals surface area contributed by atoms with E-state index in [0.29, 0.717) is 12.0 Å². The van der Waals surface area contributed by atoms with Crippen LogP contribution in [0, 0.1) is 5.92 Å². The monoisotopic (exact) mass is 618 g/mol. The molecule has 0 saturated heterocycles. The summed E-state index contributed by atoms with van der Waals surface area (Å²) in [6.07, 6.45) is -10.5. The first kappa shape index (κ1) is 35.8. The van der Waals surface area contributed by atoms with Crippen LogP contribution >= 0.6 is 0 Å². The molecule has 0 N–H and O–H groups in total. The fraction of sp³-hybridized carbons (Fsp3) is 0.484. The van der Waals surface area contributed by atoms with E-state index in [4.69, 9.17) is 18.9 Å². The van der Waals surface area contributed by atoms with Crippen molar-refractivity contribution in [3.05, 3.63) is 83.9 Å². The van der Waals surface area contributed by atoms with E-state index in [2.05, 4.69) is 6.58 Å². The molecule has 0 aliphatic carbocycles. The largest absolute Gasteiger partial charge is 0.463 e. The van der Waals surface area contributed by atoms with Crippen molar-refractivity contribution >= 4 is 11.9 Å². The van der Waals surface area contributed by atoms with Crippen LogP contribution < -0.4 is 0 Å². The van der Waals surface area contributed by atoms with Crippen molar-refractivity contribution in [1.82, 2.24) is 0 Å². The molecular weight excluding hydrogens is 582 g/mol. The summed E-state index contributed by atoms with van der Waals surface area (Å²) in [6, 6.07) is 12.8. The van der Waals surface area contributed by atoms with Gasteiger partial charge in [-0.1, -0.05) is 93.1 Å². The van der Waals surface area contributed by atoms with Gasteiger partial charge in [-0.2, -0.15) is 26.3 Å². The third-order valence-electron chi connectivity index (χ3n) is 6.88. The molecule has 0 spiro atoms. The van der Waals surface area contributed by atoms with E-state index in [-0.39, 0.29) is 19.3 Å². The molecule has 0 radical (unpaired) electrons. The number of carbonyl (C=O) groups is 2. The average Bonchev–Trinajstić information content (AvgIpc) is 2.93. The number of hydrogen-bond donors (Lipinski definition) is 0. The van der Waals surface area contributed by atoms with E-state index in [9.17, 15) is 35.9 Å². The number of esters is 2. The summed E-state index contributed by atoms with van der Waals surface area (Å²) >= 11 is 0. The molecule has 0 heterocycles. The zero-order valence-corrected chi connectivity index (χ0v) is 24.4. The lowest BCUT2D eigenvalue weighted by Gasteiger charge is -2.34. The Hall–Kier alpha value is -3.38. The molecular formula is C31H36F6O6. The Morgan fingerprint density at radius 3 is 1.60 bits per heavy atom. The van der Waals surface area contributed by atoms with Crippen LogP contribution in [0.2, 0.25) is 0 Å². The molecule has 0 aromatic heterocycles. The van der Waals surface area contributed by atoms with E-state index in [1.54, 1.807) is 13.8 Å². The van der Waals surface area contributed by atoms with Crippen LogP contribution in [0.3, 0.4) is 0 Å². The predicted octanol–water partition coefficient (Wildman–Crippen LogP) is 7.42. The van der Waals surface area contributed by atoms with Crippen molar-refractivity contribution in [2.24, 2.45) is 5.92 Å². The number of ether oxygens (including phenoxy) is 4. The highest BCUT2D eigenvalue weighted by atomic mass is 19.4. The van der Waals surface area contributed by atoms with E-state index < -0.39 is 65.2 Å². The third kappa shape index (κ3) is 7.97. The summed E-state index contributed by atoms with van der Waals surface area (Å²) in [7, 11) is 1.53. The van der Waals surface area contributed by atoms with Gasteiger partial charge >= 0.3 is 24.3 Å². The summed E-state index contributed by atoms with van der Waals surface area (Å²) < 4.78 is 105. The van der Waals surface area contributed by atoms with Gasteiger partial charge in [-0.15, -0.1) is 0 Å². The standard InChI is InChI=1S/C31H36F6O6/c1-6-13-25(43-27(39)29(41-5,31(35,36)37)24-16-11-8-12-17-24)19-21(2)18-22(3)20-42-26(38)28(40-4,30(32,33)34)23-14-9-7-10-15-23/h7-12,14-17,22,25H,2,6,13,18-20H2,1,3-5H3/t22-,25-,28-,29-/m1/s1. The summed E-state index contributed by atoms with van der Waals surface area (Å²) in [5.74, 6) is -3.82. The van der Waals surface area contributed by atoms with Crippen LogP contribution in [0.1, 0.15) is 50.7 Å². The minimum Gasteiger partial charge on any atom is -0.463 e. The molecule has 0 unspecified atom stereocenters. The Kier molecular flexibility index (Phi) is 12.4. The first-order chi connectivity index (χ1) is 20.1. The molecule has 0 saturated carbocycles. The quantitative estimate of drug-likeness (QED) is 0.118. The topological polar surface area (TPSA) is 71.1 Å². The van der Waals surface area contributed by atoms with Gasteiger partial charge in [0.25, 0.3) is 11.2 Å². The highest BCUT2D eigenvalue weighted by Crippen LogP contribution is 2.44. The molecule has 2 aromatic carbocycles. The second kappa shape index (κ2) is 14.9. The fourth-order valence-electron chi connectivity index (χ4n) is 4.81. The molecule has 4 atom stereocenters. The highest BCUT2D eigenvalue weighted by molar-refractivity contribution is 5.83. The van der Waals surface area contributed by atoms with Crippen molar-refractivity contribution in [3.8, 4) is 0 Å². The molecule has 0 bridgehead atoms. The Morgan fingerprint density at radius 2 is 1.21 bits per heavy atom. The number of alkyl halides is 6. The lowest BCUT2D eigenvalue weighted by Crippen LogP contribution is -2.52. The van der Waals surface area contributed by atoms with E-state index >= 15 is 0 Å². The Balaban J connectivity index is 2.13. The first-order valence-corrected chi connectivity index (χ1v) is 13.5. The second-order valence-electron chi connectivity index (χ2n) is 10.2. The summed E-state index contributed by atoms with van der Waals surface area (Å²) in [5, 5.41) is 0. The molecule has 0 aliphatic rings. The molecule has 6 nitrogen and oxygen atoms in total. The van der Waals surface area contributed by atoms with Gasteiger partial charge in [-0.25, -0.2) is 9.59 Å². The highest BCUT2D eigenvalue weighted by Gasteiger charge is 2.65. The number of rotatable bonds is 15. The SMILES string of the molecule is C=C(C[C@@H](C)COC(=O)[C@](OC)(c1ccccc1)C(F)(F)F)C[C@@H](CCC)OC(=O)[C@](OC)(c1ccccc1)C(F)(F)F. The molecule has 0 aliphatic heterocycles. The Labute approximate surface area is 247 Å². The summed E-state index contributed by atoms with van der Waals surface area (Å²) in [4.78, 5) is 25.9. The summed E-state index contributed by atoms with van der Waals surface area (Å²) in [6.45, 7) is 6.82. The third-order valence-corrected chi connectivity index (χ3v) is 6.88. The number of methoxy groups -OCH3 is 2. The van der Waals surface area contributed by atoms with Crippen LogP contribution in [0.25, 0.3) is 0 Å². The van der Waals surface area contributed by atoms with Crippen LogP contribution in [0.15, 0.2) is 72.8 Å². The van der Waals surface area contributed by atoms with E-state index in [1.165, 1.54) is 36.4 Å². The van der Waals surface area contributed by atoms with Gasteiger partial charge in [-0.05, 0) is 18.8 Å². The minimum absolute atomic E-state index is 0.0289. The maximum atomic E-state index is 14.3. The first-order valence-electron chi connectivity index (χ1n) is 13.5. The Morgan fingerprint density at radius 1 is 0.767 bits per heavy atom. The van der Waals surface area contributed by atoms with Gasteiger partial charge in [0.05, 0.1) is 6.61 Å². The zero-order chi connectivity index (χ0) is 32.5. The number of hydrogen-bond acceptors (Lipinski definition) is 6. The zero-order valence-electron chi connectivity index (χ0n) is 24.4. The maximum Gasteiger partial charge on any atom is 0.432 e. The Bertz CT molecular complexity index is 1200. The van der Waals surface area contributed by atoms with Crippen LogP contribution in [-0.2, 0) is 39.7 Å². The molecule has 2 aromatic rings. The van der Waals surface area contributed by atoms with E-state index in [1.807, 2.05) is 0 Å². The van der Waals surface area contributed by atoms with Gasteiger partial charge in [0.2, 0.25) is 0 Å². The normalized spacial score (nSPS) is 16.3. The molecule has 0 fully saturated rings. The van der Waals surface area contributed by atoms with Crippen LogP contribution in [-0.4, -0.2) is 51.2 Å². The van der Waals surface area contributed by atoms with Gasteiger partial charge in [0.15, 0.2) is 0 Å². The van der Waals surface area contributed by atoms with Crippen molar-refractivity contribution in [2.45, 2.75) is 69.2 Å². The second-order valence-corrected chi connectivity index (χ2v) is 10.2. The number of benzene rings is 2. The molecule has 2 rings (SSSR count). The summed E-state index contributed by atoms with van der Waals surface area (Å²) in [5.41, 5.74) is -7.15. The van der Waals surface area contributed by atoms with E-state index in [0.717, 1.165) is 38.5 Å². The fourth-order valence-corrected chi connectivity index (χ4v) is 4.81. The van der Waals surface area contributed by atoms with Crippen molar-refractivity contribution in [3.63, 3.8) is 0 Å². The molecule has 0 amide bonds. The smallest absolute Gasteiger partial charge is 0.432 e. The number of halogens is 6. The van der Waals surface area contributed by atoms with Crippen LogP contribution in [0.5, 0.6) is 0 Å². The maximum absolute atomic E-state index is 14.3. The minimum atomic E-state index is -5.14. The molecule has 238 valence electrons.